The number of carbonyl (C=O) groups excluding carboxylic acids is 1. The Hall–Kier alpha value is -2.12. The number of hydrogen-bond donors (Lipinski definition) is 1. The van der Waals surface area contributed by atoms with Crippen molar-refractivity contribution in [1.82, 2.24) is 20.2 Å². The number of benzene rings is 1. The molecule has 0 saturated carbocycles. The summed E-state index contributed by atoms with van der Waals surface area (Å²) in [6, 6.07) is 8.03. The van der Waals surface area contributed by atoms with Gasteiger partial charge in [-0.1, -0.05) is 23.9 Å². The van der Waals surface area contributed by atoms with E-state index in [1.807, 2.05) is 52.4 Å². The molecule has 0 radical (unpaired) electrons. The van der Waals surface area contributed by atoms with Gasteiger partial charge >= 0.3 is 0 Å². The molecule has 0 saturated heterocycles. The number of hydrogen-bond acceptors (Lipinski definition) is 6. The van der Waals surface area contributed by atoms with Crippen LogP contribution < -0.4 is 10.1 Å². The zero-order valence-electron chi connectivity index (χ0n) is 17.6. The summed E-state index contributed by atoms with van der Waals surface area (Å²) >= 11 is 1.53. The lowest BCUT2D eigenvalue weighted by atomic mass is 10.0. The number of ether oxygens (including phenoxy) is 1. The Morgan fingerprint density at radius 1 is 1.25 bits per heavy atom. The summed E-state index contributed by atoms with van der Waals surface area (Å²) in [4.78, 5) is 23.5. The molecule has 7 heteroatoms. The van der Waals surface area contributed by atoms with Gasteiger partial charge in [0.15, 0.2) is 5.16 Å². The van der Waals surface area contributed by atoms with Crippen molar-refractivity contribution in [3.05, 3.63) is 46.8 Å². The Morgan fingerprint density at radius 2 is 1.93 bits per heavy atom. The van der Waals surface area contributed by atoms with E-state index in [1.54, 1.807) is 7.11 Å². The quantitative estimate of drug-likeness (QED) is 0.513. The van der Waals surface area contributed by atoms with Gasteiger partial charge in [0.05, 0.1) is 13.2 Å². The maximum atomic E-state index is 12.4. The van der Waals surface area contributed by atoms with Crippen LogP contribution in [-0.2, 0) is 11.2 Å². The number of nitrogens with zero attached hydrogens (tertiary/aromatic N) is 3. The molecule has 0 spiro atoms. The summed E-state index contributed by atoms with van der Waals surface area (Å²) in [5.74, 6) is 0.845. The van der Waals surface area contributed by atoms with Crippen LogP contribution in [0, 0.1) is 13.8 Å². The van der Waals surface area contributed by atoms with Crippen molar-refractivity contribution in [2.75, 3.05) is 34.0 Å². The molecule has 28 heavy (non-hydrogen) atoms. The zero-order valence-corrected chi connectivity index (χ0v) is 18.4. The van der Waals surface area contributed by atoms with Crippen molar-refractivity contribution in [1.29, 1.82) is 0 Å². The number of aryl methyl sites for hydroxylation is 2. The first-order valence-corrected chi connectivity index (χ1v) is 10.5. The standard InChI is InChI=1S/C21H30N4O2S/c1-14-18(15(2)24-21(23-14)28-6)10-11-20(26)22-13-19(25(3)4)16-8-7-9-17(12-16)27-5/h7-9,12,19H,10-11,13H2,1-6H3,(H,22,26). The van der Waals surface area contributed by atoms with Gasteiger partial charge in [-0.25, -0.2) is 9.97 Å². The number of thioether (sulfide) groups is 1. The zero-order chi connectivity index (χ0) is 20.7. The average molecular weight is 403 g/mol. The van der Waals surface area contributed by atoms with E-state index in [1.165, 1.54) is 11.8 Å². The molecule has 1 atom stereocenters. The molecular weight excluding hydrogens is 372 g/mol. The van der Waals surface area contributed by atoms with E-state index in [9.17, 15) is 4.79 Å². The second-order valence-corrected chi connectivity index (χ2v) is 7.69. The van der Waals surface area contributed by atoms with Gasteiger partial charge < -0.3 is 15.0 Å². The fraction of sp³-hybridized carbons (Fsp3) is 0.476. The van der Waals surface area contributed by atoms with Gasteiger partial charge in [0.1, 0.15) is 5.75 Å². The average Bonchev–Trinajstić information content (AvgIpc) is 2.67. The highest BCUT2D eigenvalue weighted by molar-refractivity contribution is 7.98. The second-order valence-electron chi connectivity index (χ2n) is 6.92. The smallest absolute Gasteiger partial charge is 0.220 e. The van der Waals surface area contributed by atoms with Crippen LogP contribution >= 0.6 is 11.8 Å². The van der Waals surface area contributed by atoms with E-state index in [-0.39, 0.29) is 11.9 Å². The van der Waals surface area contributed by atoms with Gasteiger partial charge in [-0.3, -0.25) is 4.79 Å². The Balaban J connectivity index is 1.97. The summed E-state index contributed by atoms with van der Waals surface area (Å²) in [5.41, 5.74) is 4.07. The fourth-order valence-corrected chi connectivity index (χ4v) is 3.60. The Kier molecular flexibility index (Phi) is 8.26. The van der Waals surface area contributed by atoms with Gasteiger partial charge in [-0.2, -0.15) is 0 Å². The SMILES string of the molecule is COc1cccc(C(CNC(=O)CCc2c(C)nc(SC)nc2C)N(C)C)c1. The van der Waals surface area contributed by atoms with Crippen molar-refractivity contribution >= 4 is 17.7 Å². The van der Waals surface area contributed by atoms with Gasteiger partial charge in [0, 0.05) is 24.4 Å². The number of methoxy groups -OCH3 is 1. The largest absolute Gasteiger partial charge is 0.497 e. The number of amides is 1. The summed E-state index contributed by atoms with van der Waals surface area (Å²) < 4.78 is 5.32. The van der Waals surface area contributed by atoms with E-state index in [4.69, 9.17) is 4.74 Å². The lowest BCUT2D eigenvalue weighted by molar-refractivity contribution is -0.121. The summed E-state index contributed by atoms with van der Waals surface area (Å²) in [5, 5.41) is 3.84. The highest BCUT2D eigenvalue weighted by Crippen LogP contribution is 2.22. The van der Waals surface area contributed by atoms with Gasteiger partial charge in [0.2, 0.25) is 5.91 Å². The lowest BCUT2D eigenvalue weighted by Gasteiger charge is -2.25. The van der Waals surface area contributed by atoms with Gasteiger partial charge in [-0.15, -0.1) is 0 Å². The van der Waals surface area contributed by atoms with Gasteiger partial charge in [-0.05, 0) is 63.9 Å². The van der Waals surface area contributed by atoms with Gasteiger partial charge in [0.25, 0.3) is 0 Å². The minimum atomic E-state index is 0.0301. The van der Waals surface area contributed by atoms with Crippen LogP contribution in [0.2, 0.25) is 0 Å². The highest BCUT2D eigenvalue weighted by Gasteiger charge is 2.17. The molecule has 1 N–H and O–H groups in total. The van der Waals surface area contributed by atoms with Crippen molar-refractivity contribution < 1.29 is 9.53 Å². The van der Waals surface area contributed by atoms with Crippen LogP contribution in [0.15, 0.2) is 29.4 Å². The minimum Gasteiger partial charge on any atom is -0.497 e. The first kappa shape index (κ1) is 22.2. The number of likely N-dealkylation sites (N-methyl/N-ethyl adjacent to an activating group) is 1. The summed E-state index contributed by atoms with van der Waals surface area (Å²) in [6.07, 6.45) is 3.02. The minimum absolute atomic E-state index is 0.0301. The predicted molar refractivity (Wildman–Crippen MR) is 114 cm³/mol. The molecule has 2 rings (SSSR count). The molecule has 0 fully saturated rings. The number of rotatable bonds is 9. The van der Waals surface area contributed by atoms with Crippen molar-refractivity contribution in [3.8, 4) is 5.75 Å². The maximum absolute atomic E-state index is 12.4. The lowest BCUT2D eigenvalue weighted by Crippen LogP contribution is -2.34. The van der Waals surface area contributed by atoms with E-state index in [0.717, 1.165) is 33.4 Å². The second kappa shape index (κ2) is 10.4. The molecule has 2 aromatic rings. The van der Waals surface area contributed by atoms with E-state index >= 15 is 0 Å². The van der Waals surface area contributed by atoms with Crippen LogP contribution in [0.4, 0.5) is 0 Å². The number of carbonyl (C=O) groups is 1. The van der Waals surface area contributed by atoms with Crippen LogP contribution in [0.5, 0.6) is 5.75 Å². The normalized spacial score (nSPS) is 12.1. The third kappa shape index (κ3) is 5.94. The molecule has 0 aliphatic heterocycles. The molecule has 1 unspecified atom stereocenters. The Labute approximate surface area is 172 Å². The number of nitrogens with one attached hydrogen (secondary N) is 1. The maximum Gasteiger partial charge on any atom is 0.220 e. The molecule has 152 valence electrons. The molecule has 6 nitrogen and oxygen atoms in total. The van der Waals surface area contributed by atoms with E-state index < -0.39 is 0 Å². The van der Waals surface area contributed by atoms with Crippen molar-refractivity contribution in [2.24, 2.45) is 0 Å². The Bertz CT molecular complexity index is 788. The van der Waals surface area contributed by atoms with Crippen LogP contribution in [0.25, 0.3) is 0 Å². The first-order valence-electron chi connectivity index (χ1n) is 9.30. The van der Waals surface area contributed by atoms with Crippen LogP contribution in [0.3, 0.4) is 0 Å². The van der Waals surface area contributed by atoms with E-state index in [0.29, 0.717) is 19.4 Å². The third-order valence-electron chi connectivity index (χ3n) is 4.78. The first-order chi connectivity index (χ1) is 13.3. The third-order valence-corrected chi connectivity index (χ3v) is 5.33. The molecular formula is C21H30N4O2S. The Morgan fingerprint density at radius 3 is 2.50 bits per heavy atom. The molecule has 1 aromatic carbocycles. The fourth-order valence-electron chi connectivity index (χ4n) is 3.15. The molecule has 0 aliphatic carbocycles. The molecule has 1 amide bonds. The summed E-state index contributed by atoms with van der Waals surface area (Å²) in [6.45, 7) is 4.50. The van der Waals surface area contributed by atoms with E-state index in [2.05, 4.69) is 26.3 Å². The van der Waals surface area contributed by atoms with Crippen molar-refractivity contribution in [2.45, 2.75) is 37.9 Å². The molecule has 0 aliphatic rings. The van der Waals surface area contributed by atoms with Crippen LogP contribution in [0.1, 0.15) is 35.0 Å². The van der Waals surface area contributed by atoms with Crippen molar-refractivity contribution in [3.63, 3.8) is 0 Å². The topological polar surface area (TPSA) is 67.3 Å². The molecule has 1 heterocycles. The monoisotopic (exact) mass is 402 g/mol. The summed E-state index contributed by atoms with van der Waals surface area (Å²) in [7, 11) is 5.67. The molecule has 0 bridgehead atoms. The molecule has 1 aromatic heterocycles. The predicted octanol–water partition coefficient (Wildman–Crippen LogP) is 3.18. The number of aromatic nitrogens is 2. The highest BCUT2D eigenvalue weighted by atomic mass is 32.2. The van der Waals surface area contributed by atoms with Crippen LogP contribution in [-0.4, -0.2) is 54.8 Å².